The second-order valence-corrected chi connectivity index (χ2v) is 5.00. The molecular formula is C17H14ClNO. The molecule has 0 spiro atoms. The molecule has 0 bridgehead atoms. The van der Waals surface area contributed by atoms with E-state index in [-0.39, 0.29) is 0 Å². The van der Waals surface area contributed by atoms with Crippen molar-refractivity contribution in [2.75, 3.05) is 7.11 Å². The Kier molecular flexibility index (Phi) is 3.33. The van der Waals surface area contributed by atoms with Gasteiger partial charge in [-0.2, -0.15) is 0 Å². The highest BCUT2D eigenvalue weighted by Gasteiger charge is 2.12. The predicted octanol–water partition coefficient (Wildman–Crippen LogP) is 4.87. The van der Waals surface area contributed by atoms with Gasteiger partial charge in [-0.25, -0.2) is 4.98 Å². The largest absolute Gasteiger partial charge is 0.497 e. The molecule has 3 aromatic rings. The van der Waals surface area contributed by atoms with Crippen LogP contribution in [0.2, 0.25) is 5.15 Å². The SMILES string of the molecule is COc1ccc2c(Cl)nc(C)c(-c3ccccc3)c2c1. The number of fused-ring (bicyclic) bond motifs is 1. The second-order valence-electron chi connectivity index (χ2n) is 4.64. The molecule has 2 nitrogen and oxygen atoms in total. The van der Waals surface area contributed by atoms with Crippen LogP contribution in [0.1, 0.15) is 5.69 Å². The zero-order valence-corrected chi connectivity index (χ0v) is 12.1. The molecular weight excluding hydrogens is 270 g/mol. The number of benzene rings is 2. The summed E-state index contributed by atoms with van der Waals surface area (Å²) in [5.41, 5.74) is 3.15. The van der Waals surface area contributed by atoms with E-state index >= 15 is 0 Å². The topological polar surface area (TPSA) is 22.1 Å². The summed E-state index contributed by atoms with van der Waals surface area (Å²) in [5, 5.41) is 2.53. The molecule has 0 fully saturated rings. The minimum absolute atomic E-state index is 0.528. The molecule has 0 radical (unpaired) electrons. The lowest BCUT2D eigenvalue weighted by Gasteiger charge is -2.12. The molecule has 3 heteroatoms. The van der Waals surface area contributed by atoms with Crippen LogP contribution >= 0.6 is 11.6 Å². The van der Waals surface area contributed by atoms with Crippen molar-refractivity contribution in [3.05, 3.63) is 59.4 Å². The molecule has 0 aliphatic carbocycles. The Bertz CT molecular complexity index is 769. The van der Waals surface area contributed by atoms with Crippen molar-refractivity contribution in [2.24, 2.45) is 0 Å². The van der Waals surface area contributed by atoms with Crippen molar-refractivity contribution in [1.82, 2.24) is 4.98 Å². The molecule has 2 aromatic carbocycles. The fourth-order valence-electron chi connectivity index (χ4n) is 2.46. The number of methoxy groups -OCH3 is 1. The van der Waals surface area contributed by atoms with Crippen molar-refractivity contribution in [2.45, 2.75) is 6.92 Å². The smallest absolute Gasteiger partial charge is 0.137 e. The van der Waals surface area contributed by atoms with E-state index in [2.05, 4.69) is 17.1 Å². The van der Waals surface area contributed by atoms with Crippen molar-refractivity contribution < 1.29 is 4.74 Å². The summed E-state index contributed by atoms with van der Waals surface area (Å²) in [6.07, 6.45) is 0. The molecule has 0 atom stereocenters. The van der Waals surface area contributed by atoms with Gasteiger partial charge in [-0.1, -0.05) is 41.9 Å². The summed E-state index contributed by atoms with van der Waals surface area (Å²) in [5.74, 6) is 0.816. The van der Waals surface area contributed by atoms with E-state index in [0.717, 1.165) is 33.3 Å². The average molecular weight is 284 g/mol. The standard InChI is InChI=1S/C17H14ClNO/c1-11-16(12-6-4-3-5-7-12)15-10-13(20-2)8-9-14(15)17(18)19-11/h3-10H,1-2H3. The fourth-order valence-corrected chi connectivity index (χ4v) is 2.76. The summed E-state index contributed by atoms with van der Waals surface area (Å²) in [6.45, 7) is 1.98. The fraction of sp³-hybridized carbons (Fsp3) is 0.118. The van der Waals surface area contributed by atoms with Crippen LogP contribution in [0.15, 0.2) is 48.5 Å². The van der Waals surface area contributed by atoms with Gasteiger partial charge in [0.1, 0.15) is 10.9 Å². The van der Waals surface area contributed by atoms with E-state index < -0.39 is 0 Å². The van der Waals surface area contributed by atoms with Gasteiger partial charge in [-0.15, -0.1) is 0 Å². The molecule has 0 aliphatic rings. The Morgan fingerprint density at radius 3 is 2.45 bits per heavy atom. The van der Waals surface area contributed by atoms with Crippen molar-refractivity contribution in [3.8, 4) is 16.9 Å². The highest BCUT2D eigenvalue weighted by Crippen LogP contribution is 2.36. The first-order chi connectivity index (χ1) is 9.70. The monoisotopic (exact) mass is 283 g/mol. The molecule has 0 saturated heterocycles. The maximum absolute atomic E-state index is 6.27. The third kappa shape index (κ3) is 2.12. The van der Waals surface area contributed by atoms with E-state index in [0.29, 0.717) is 5.15 Å². The van der Waals surface area contributed by atoms with Crippen molar-refractivity contribution in [3.63, 3.8) is 0 Å². The van der Waals surface area contributed by atoms with E-state index in [4.69, 9.17) is 16.3 Å². The van der Waals surface area contributed by atoms with Gasteiger partial charge in [0.05, 0.1) is 7.11 Å². The minimum atomic E-state index is 0.528. The zero-order valence-electron chi connectivity index (χ0n) is 11.4. The van der Waals surface area contributed by atoms with Gasteiger partial charge in [0.25, 0.3) is 0 Å². The van der Waals surface area contributed by atoms with Crippen LogP contribution in [0.5, 0.6) is 5.75 Å². The molecule has 1 aromatic heterocycles. The van der Waals surface area contributed by atoms with Gasteiger partial charge in [-0.3, -0.25) is 0 Å². The summed E-state index contributed by atoms with van der Waals surface area (Å²) in [6, 6.07) is 16.1. The summed E-state index contributed by atoms with van der Waals surface area (Å²) in [7, 11) is 1.67. The summed E-state index contributed by atoms with van der Waals surface area (Å²) in [4.78, 5) is 4.46. The van der Waals surface area contributed by atoms with E-state index in [1.807, 2.05) is 43.3 Å². The molecule has 0 unspecified atom stereocenters. The Morgan fingerprint density at radius 2 is 1.75 bits per heavy atom. The lowest BCUT2D eigenvalue weighted by Crippen LogP contribution is -1.93. The summed E-state index contributed by atoms with van der Waals surface area (Å²) >= 11 is 6.27. The van der Waals surface area contributed by atoms with Crippen LogP contribution in [-0.4, -0.2) is 12.1 Å². The lowest BCUT2D eigenvalue weighted by atomic mass is 9.98. The molecule has 3 rings (SSSR count). The Labute approximate surface area is 123 Å². The van der Waals surface area contributed by atoms with Crippen LogP contribution < -0.4 is 4.74 Å². The third-order valence-electron chi connectivity index (χ3n) is 3.41. The van der Waals surface area contributed by atoms with Crippen LogP contribution in [0.3, 0.4) is 0 Å². The normalized spacial score (nSPS) is 10.8. The van der Waals surface area contributed by atoms with Gasteiger partial charge in [0.2, 0.25) is 0 Å². The predicted molar refractivity (Wildman–Crippen MR) is 83.5 cm³/mol. The maximum Gasteiger partial charge on any atom is 0.137 e. The quantitative estimate of drug-likeness (QED) is 0.626. The Hall–Kier alpha value is -2.06. The van der Waals surface area contributed by atoms with Crippen LogP contribution in [0.4, 0.5) is 0 Å². The van der Waals surface area contributed by atoms with Gasteiger partial charge in [0, 0.05) is 16.6 Å². The summed E-state index contributed by atoms with van der Waals surface area (Å²) < 4.78 is 5.33. The molecule has 20 heavy (non-hydrogen) atoms. The number of nitrogens with zero attached hydrogens (tertiary/aromatic N) is 1. The highest BCUT2D eigenvalue weighted by atomic mass is 35.5. The molecule has 0 N–H and O–H groups in total. The van der Waals surface area contributed by atoms with E-state index in [1.54, 1.807) is 7.11 Å². The molecule has 1 heterocycles. The van der Waals surface area contributed by atoms with Gasteiger partial charge < -0.3 is 4.74 Å². The lowest BCUT2D eigenvalue weighted by molar-refractivity contribution is 0.415. The number of ether oxygens (including phenoxy) is 1. The highest BCUT2D eigenvalue weighted by molar-refractivity contribution is 6.34. The van der Waals surface area contributed by atoms with E-state index in [1.165, 1.54) is 0 Å². The minimum Gasteiger partial charge on any atom is -0.497 e. The van der Waals surface area contributed by atoms with Crippen molar-refractivity contribution in [1.29, 1.82) is 0 Å². The Morgan fingerprint density at radius 1 is 1.00 bits per heavy atom. The van der Waals surface area contributed by atoms with Gasteiger partial charge >= 0.3 is 0 Å². The number of hydrogen-bond donors (Lipinski definition) is 0. The maximum atomic E-state index is 6.27. The first-order valence-electron chi connectivity index (χ1n) is 6.40. The van der Waals surface area contributed by atoms with Gasteiger partial charge in [0.15, 0.2) is 0 Å². The third-order valence-corrected chi connectivity index (χ3v) is 3.70. The van der Waals surface area contributed by atoms with Crippen LogP contribution in [0, 0.1) is 6.92 Å². The van der Waals surface area contributed by atoms with Crippen LogP contribution in [-0.2, 0) is 0 Å². The Balaban J connectivity index is 2.40. The molecule has 0 amide bonds. The first kappa shape index (κ1) is 12.9. The number of rotatable bonds is 2. The van der Waals surface area contributed by atoms with Crippen LogP contribution in [0.25, 0.3) is 21.9 Å². The van der Waals surface area contributed by atoms with Crippen molar-refractivity contribution >= 4 is 22.4 Å². The number of aromatic nitrogens is 1. The molecule has 0 aliphatic heterocycles. The van der Waals surface area contributed by atoms with E-state index in [9.17, 15) is 0 Å². The number of halogens is 1. The first-order valence-corrected chi connectivity index (χ1v) is 6.78. The number of hydrogen-bond acceptors (Lipinski definition) is 2. The zero-order chi connectivity index (χ0) is 14.1. The number of pyridine rings is 1. The van der Waals surface area contributed by atoms with Gasteiger partial charge in [-0.05, 0) is 36.1 Å². The molecule has 100 valence electrons. The number of aryl methyl sites for hydroxylation is 1. The molecule has 0 saturated carbocycles. The second kappa shape index (κ2) is 5.14. The average Bonchev–Trinajstić information content (AvgIpc) is 2.47.